The molecule has 1 rings (SSSR count). The number of primary amides is 1. The van der Waals surface area contributed by atoms with Gasteiger partial charge in [0.1, 0.15) is 18.2 Å². The normalized spacial score (nSPS) is 12.2. The highest BCUT2D eigenvalue weighted by atomic mass is 19.1. The predicted molar refractivity (Wildman–Crippen MR) is 58.3 cm³/mol. The molecular formula is C11H14F2N2O2. The topological polar surface area (TPSA) is 64.3 Å². The minimum absolute atomic E-state index is 0.0356. The van der Waals surface area contributed by atoms with Crippen molar-refractivity contribution in [2.75, 3.05) is 13.2 Å². The van der Waals surface area contributed by atoms with Crippen LogP contribution in [-0.2, 0) is 4.74 Å². The Bertz CT molecular complexity index is 379. The van der Waals surface area contributed by atoms with Gasteiger partial charge in [-0.05, 0) is 19.1 Å². The van der Waals surface area contributed by atoms with E-state index < -0.39 is 23.8 Å². The van der Waals surface area contributed by atoms with Crippen molar-refractivity contribution in [1.82, 2.24) is 5.32 Å². The van der Waals surface area contributed by atoms with Crippen molar-refractivity contribution in [2.45, 2.75) is 13.0 Å². The summed E-state index contributed by atoms with van der Waals surface area (Å²) in [6, 6.07) is 3.16. The summed E-state index contributed by atoms with van der Waals surface area (Å²) < 4.78 is 31.2. The first kappa shape index (κ1) is 13.4. The minimum atomic E-state index is -0.878. The van der Waals surface area contributed by atoms with Crippen molar-refractivity contribution in [2.24, 2.45) is 5.73 Å². The second kappa shape index (κ2) is 6.15. The minimum Gasteiger partial charge on any atom is -0.448 e. The lowest BCUT2D eigenvalue weighted by molar-refractivity contribution is 0.156. The van der Waals surface area contributed by atoms with Crippen molar-refractivity contribution in [1.29, 1.82) is 0 Å². The molecule has 0 bridgehead atoms. The van der Waals surface area contributed by atoms with Gasteiger partial charge in [-0.3, -0.25) is 0 Å². The van der Waals surface area contributed by atoms with Gasteiger partial charge in [-0.25, -0.2) is 13.6 Å². The van der Waals surface area contributed by atoms with E-state index in [1.165, 1.54) is 18.2 Å². The maximum atomic E-state index is 13.4. The summed E-state index contributed by atoms with van der Waals surface area (Å²) in [4.78, 5) is 10.3. The van der Waals surface area contributed by atoms with Gasteiger partial charge in [0.2, 0.25) is 0 Å². The highest BCUT2D eigenvalue weighted by Crippen LogP contribution is 2.19. The van der Waals surface area contributed by atoms with Crippen molar-refractivity contribution in [3.8, 4) is 0 Å². The van der Waals surface area contributed by atoms with Gasteiger partial charge in [0.05, 0.1) is 0 Å². The Morgan fingerprint density at radius 1 is 1.47 bits per heavy atom. The second-order valence-electron chi connectivity index (χ2n) is 3.48. The highest BCUT2D eigenvalue weighted by molar-refractivity contribution is 5.64. The average Bonchev–Trinajstić information content (AvgIpc) is 2.24. The van der Waals surface area contributed by atoms with Gasteiger partial charge < -0.3 is 15.8 Å². The van der Waals surface area contributed by atoms with Crippen molar-refractivity contribution >= 4 is 6.09 Å². The number of carbonyl (C=O) groups is 1. The first-order valence-electron chi connectivity index (χ1n) is 5.12. The van der Waals surface area contributed by atoms with Crippen molar-refractivity contribution in [3.63, 3.8) is 0 Å². The van der Waals surface area contributed by atoms with E-state index in [-0.39, 0.29) is 18.7 Å². The number of ether oxygens (including phenoxy) is 1. The van der Waals surface area contributed by atoms with Gasteiger partial charge >= 0.3 is 6.09 Å². The van der Waals surface area contributed by atoms with Gasteiger partial charge in [0.15, 0.2) is 0 Å². The van der Waals surface area contributed by atoms with Crippen LogP contribution >= 0.6 is 0 Å². The maximum absolute atomic E-state index is 13.4. The molecule has 0 aliphatic rings. The van der Waals surface area contributed by atoms with Crippen LogP contribution in [0.3, 0.4) is 0 Å². The van der Waals surface area contributed by atoms with E-state index in [0.717, 1.165) is 0 Å². The lowest BCUT2D eigenvalue weighted by Crippen LogP contribution is -2.27. The molecule has 0 aliphatic heterocycles. The van der Waals surface area contributed by atoms with Gasteiger partial charge in [0.25, 0.3) is 0 Å². The monoisotopic (exact) mass is 244 g/mol. The summed E-state index contributed by atoms with van der Waals surface area (Å²) in [5.41, 5.74) is 4.72. The van der Waals surface area contributed by atoms with Gasteiger partial charge in [0, 0.05) is 18.2 Å². The first-order valence-corrected chi connectivity index (χ1v) is 5.12. The second-order valence-corrected chi connectivity index (χ2v) is 3.48. The Morgan fingerprint density at radius 2 is 2.06 bits per heavy atom. The first-order chi connectivity index (χ1) is 8.02. The number of nitrogens with one attached hydrogen (secondary N) is 1. The molecule has 0 fully saturated rings. The van der Waals surface area contributed by atoms with Gasteiger partial charge in [-0.15, -0.1) is 0 Å². The molecule has 3 N–H and O–H groups in total. The Hall–Kier alpha value is -1.69. The van der Waals surface area contributed by atoms with Gasteiger partial charge in [-0.1, -0.05) is 6.07 Å². The molecule has 4 nitrogen and oxygen atoms in total. The van der Waals surface area contributed by atoms with Gasteiger partial charge in [-0.2, -0.15) is 0 Å². The van der Waals surface area contributed by atoms with Crippen LogP contribution in [0.15, 0.2) is 18.2 Å². The van der Waals surface area contributed by atoms with Crippen LogP contribution < -0.4 is 11.1 Å². The molecule has 1 atom stereocenters. The SMILES string of the molecule is CC(NCCOC(N)=O)c1c(F)cccc1F. The van der Waals surface area contributed by atoms with Crippen molar-refractivity contribution in [3.05, 3.63) is 35.4 Å². The summed E-state index contributed by atoms with van der Waals surface area (Å²) in [5, 5.41) is 2.82. The number of rotatable bonds is 5. The fourth-order valence-corrected chi connectivity index (χ4v) is 1.45. The maximum Gasteiger partial charge on any atom is 0.404 e. The summed E-state index contributed by atoms with van der Waals surface area (Å²) in [5.74, 6) is -1.22. The van der Waals surface area contributed by atoms with Crippen LogP contribution in [0, 0.1) is 11.6 Å². The van der Waals surface area contributed by atoms with E-state index in [1.54, 1.807) is 6.92 Å². The number of halogens is 2. The zero-order valence-corrected chi connectivity index (χ0v) is 9.37. The molecule has 1 aromatic carbocycles. The molecule has 94 valence electrons. The van der Waals surface area contributed by atoms with Crippen LogP contribution in [-0.4, -0.2) is 19.2 Å². The molecule has 1 amide bonds. The van der Waals surface area contributed by atoms with Crippen molar-refractivity contribution < 1.29 is 18.3 Å². The van der Waals surface area contributed by atoms with E-state index in [0.29, 0.717) is 0 Å². The molecule has 0 aromatic heterocycles. The largest absolute Gasteiger partial charge is 0.448 e. The number of amides is 1. The third-order valence-corrected chi connectivity index (χ3v) is 2.23. The molecule has 0 heterocycles. The quantitative estimate of drug-likeness (QED) is 0.775. The van der Waals surface area contributed by atoms with Crippen LogP contribution in [0.5, 0.6) is 0 Å². The summed E-state index contributed by atoms with van der Waals surface area (Å²) in [6.45, 7) is 1.93. The van der Waals surface area contributed by atoms with E-state index in [4.69, 9.17) is 5.73 Å². The fraction of sp³-hybridized carbons (Fsp3) is 0.364. The number of benzene rings is 1. The Kier molecular flexibility index (Phi) is 4.84. The number of nitrogens with two attached hydrogens (primary N) is 1. The third-order valence-electron chi connectivity index (χ3n) is 2.23. The predicted octanol–water partition coefficient (Wildman–Crippen LogP) is 1.71. The standard InChI is InChI=1S/C11H14F2N2O2/c1-7(15-5-6-17-11(14)16)10-8(12)3-2-4-9(10)13/h2-4,7,15H,5-6H2,1H3,(H2,14,16). The molecule has 6 heteroatoms. The fourth-order valence-electron chi connectivity index (χ4n) is 1.45. The molecule has 17 heavy (non-hydrogen) atoms. The molecule has 0 aliphatic carbocycles. The van der Waals surface area contributed by atoms with E-state index in [9.17, 15) is 13.6 Å². The molecule has 0 radical (unpaired) electrons. The van der Waals surface area contributed by atoms with Crippen LogP contribution in [0.25, 0.3) is 0 Å². The molecule has 0 spiro atoms. The zero-order valence-electron chi connectivity index (χ0n) is 9.37. The summed E-state index contributed by atoms with van der Waals surface area (Å²) in [6.07, 6.45) is -0.878. The van der Waals surface area contributed by atoms with E-state index >= 15 is 0 Å². The van der Waals surface area contributed by atoms with Crippen LogP contribution in [0.1, 0.15) is 18.5 Å². The smallest absolute Gasteiger partial charge is 0.404 e. The number of hydrogen-bond donors (Lipinski definition) is 2. The molecule has 0 saturated heterocycles. The molecule has 1 aromatic rings. The molecule has 0 saturated carbocycles. The molecular weight excluding hydrogens is 230 g/mol. The van der Waals surface area contributed by atoms with E-state index in [2.05, 4.69) is 10.1 Å². The average molecular weight is 244 g/mol. The third kappa shape index (κ3) is 3.99. The number of carbonyl (C=O) groups excluding carboxylic acids is 1. The summed E-state index contributed by atoms with van der Waals surface area (Å²) >= 11 is 0. The zero-order chi connectivity index (χ0) is 12.8. The number of hydrogen-bond acceptors (Lipinski definition) is 3. The van der Waals surface area contributed by atoms with Crippen LogP contribution in [0.4, 0.5) is 13.6 Å². The lowest BCUT2D eigenvalue weighted by atomic mass is 10.1. The Labute approximate surface area is 97.8 Å². The highest BCUT2D eigenvalue weighted by Gasteiger charge is 2.15. The van der Waals surface area contributed by atoms with Crippen LogP contribution in [0.2, 0.25) is 0 Å². The Morgan fingerprint density at radius 3 is 2.59 bits per heavy atom. The Balaban J connectivity index is 2.52. The lowest BCUT2D eigenvalue weighted by Gasteiger charge is -2.15. The summed E-state index contributed by atoms with van der Waals surface area (Å²) in [7, 11) is 0. The van der Waals surface area contributed by atoms with E-state index in [1.807, 2.05) is 0 Å². The molecule has 1 unspecified atom stereocenters.